The van der Waals surface area contributed by atoms with Crippen LogP contribution in [0.15, 0.2) is 0 Å². The second kappa shape index (κ2) is 7.48. The first-order chi connectivity index (χ1) is 7.89. The van der Waals surface area contributed by atoms with E-state index in [9.17, 15) is 22.8 Å². The van der Waals surface area contributed by atoms with E-state index in [-0.39, 0.29) is 0 Å². The zero-order chi connectivity index (χ0) is 15.1. The van der Waals surface area contributed by atoms with Crippen molar-refractivity contribution in [1.82, 2.24) is 5.32 Å². The molecule has 0 aliphatic rings. The van der Waals surface area contributed by atoms with Crippen LogP contribution in [-0.2, 0) is 14.4 Å². The van der Waals surface area contributed by atoms with Gasteiger partial charge in [0.2, 0.25) is 5.91 Å². The topological polar surface area (TPSA) is 130 Å². The Bertz CT molecular complexity index is 316. The molecule has 0 aromatic heterocycles. The Morgan fingerprint density at radius 3 is 1.67 bits per heavy atom. The molecule has 18 heavy (non-hydrogen) atoms. The summed E-state index contributed by atoms with van der Waals surface area (Å²) in [5.41, 5.74) is 5.18. The number of nitrogens with two attached hydrogens (primary N) is 1. The SMILES string of the molecule is C[C@H](N)C(=O)N[C@@H](C)C(=O)O.O=C(O)C(F)(F)F. The molecule has 0 radical (unpaired) electrons. The number of carboxylic acids is 2. The zero-order valence-electron chi connectivity index (χ0n) is 9.49. The first kappa shape index (κ1) is 18.5. The van der Waals surface area contributed by atoms with Crippen molar-refractivity contribution in [3.63, 3.8) is 0 Å². The van der Waals surface area contributed by atoms with Crippen LogP contribution in [0.5, 0.6) is 0 Å². The van der Waals surface area contributed by atoms with Crippen LogP contribution < -0.4 is 11.1 Å². The van der Waals surface area contributed by atoms with Crippen LogP contribution in [0.1, 0.15) is 13.8 Å². The van der Waals surface area contributed by atoms with Crippen molar-refractivity contribution in [2.24, 2.45) is 5.73 Å². The van der Waals surface area contributed by atoms with Crippen molar-refractivity contribution in [2.75, 3.05) is 0 Å². The maximum atomic E-state index is 10.8. The lowest BCUT2D eigenvalue weighted by Crippen LogP contribution is -2.45. The Balaban J connectivity index is 0. The molecule has 0 saturated heterocycles. The predicted molar refractivity (Wildman–Crippen MR) is 52.6 cm³/mol. The fourth-order valence-electron chi connectivity index (χ4n) is 0.407. The summed E-state index contributed by atoms with van der Waals surface area (Å²) in [6.07, 6.45) is -5.08. The maximum absolute atomic E-state index is 10.8. The standard InChI is InChI=1S/C6H12N2O3.C2HF3O2/c1-3(7)5(9)8-4(2)6(10)11;3-2(4,5)1(6)7/h3-4H,7H2,1-2H3,(H,8,9)(H,10,11);(H,6,7)/t3-,4-;/m0./s1. The quantitative estimate of drug-likeness (QED) is 0.552. The molecule has 0 rings (SSSR count). The molecule has 0 aromatic carbocycles. The first-order valence-electron chi connectivity index (χ1n) is 4.48. The number of alkyl halides is 3. The van der Waals surface area contributed by atoms with Crippen LogP contribution in [0.3, 0.4) is 0 Å². The van der Waals surface area contributed by atoms with Crippen LogP contribution in [0, 0.1) is 0 Å². The highest BCUT2D eigenvalue weighted by atomic mass is 19.4. The summed E-state index contributed by atoms with van der Waals surface area (Å²) in [7, 11) is 0. The molecule has 7 nitrogen and oxygen atoms in total. The zero-order valence-corrected chi connectivity index (χ0v) is 9.49. The summed E-state index contributed by atoms with van der Waals surface area (Å²) in [6.45, 7) is 2.87. The van der Waals surface area contributed by atoms with Gasteiger partial charge in [-0.1, -0.05) is 0 Å². The molecule has 0 aliphatic heterocycles. The third-order valence-corrected chi connectivity index (χ3v) is 1.39. The van der Waals surface area contributed by atoms with Gasteiger partial charge in [0.25, 0.3) is 0 Å². The molecular weight excluding hydrogens is 261 g/mol. The summed E-state index contributed by atoms with van der Waals surface area (Å²) in [6, 6.07) is -1.55. The van der Waals surface area contributed by atoms with Crippen molar-refractivity contribution < 1.29 is 37.8 Å². The number of halogens is 3. The van der Waals surface area contributed by atoms with Gasteiger partial charge in [0.05, 0.1) is 6.04 Å². The fraction of sp³-hybridized carbons (Fsp3) is 0.625. The van der Waals surface area contributed by atoms with Gasteiger partial charge >= 0.3 is 18.1 Å². The Hall–Kier alpha value is -1.84. The maximum Gasteiger partial charge on any atom is 0.490 e. The predicted octanol–water partition coefficient (Wildman–Crippen LogP) is -0.444. The average Bonchev–Trinajstić information content (AvgIpc) is 2.16. The van der Waals surface area contributed by atoms with Gasteiger partial charge in [0, 0.05) is 0 Å². The van der Waals surface area contributed by atoms with E-state index in [2.05, 4.69) is 5.32 Å². The second-order valence-electron chi connectivity index (χ2n) is 3.16. The minimum absolute atomic E-state index is 0.458. The lowest BCUT2D eigenvalue weighted by Gasteiger charge is -2.10. The molecule has 1 amide bonds. The largest absolute Gasteiger partial charge is 0.490 e. The Kier molecular flexibility index (Phi) is 7.70. The number of hydrogen-bond donors (Lipinski definition) is 4. The molecule has 0 fully saturated rings. The van der Waals surface area contributed by atoms with Crippen LogP contribution in [0.4, 0.5) is 13.2 Å². The minimum Gasteiger partial charge on any atom is -0.480 e. The smallest absolute Gasteiger partial charge is 0.480 e. The lowest BCUT2D eigenvalue weighted by atomic mass is 10.3. The van der Waals surface area contributed by atoms with Crippen molar-refractivity contribution >= 4 is 17.8 Å². The molecule has 106 valence electrons. The number of carbonyl (C=O) groups is 3. The highest BCUT2D eigenvalue weighted by molar-refractivity contribution is 5.86. The van der Waals surface area contributed by atoms with Crippen molar-refractivity contribution in [2.45, 2.75) is 32.1 Å². The molecular formula is C8H13F3N2O5. The highest BCUT2D eigenvalue weighted by Crippen LogP contribution is 2.13. The van der Waals surface area contributed by atoms with Crippen molar-refractivity contribution in [1.29, 1.82) is 0 Å². The minimum atomic E-state index is -5.08. The number of hydrogen-bond acceptors (Lipinski definition) is 4. The molecule has 0 heterocycles. The second-order valence-corrected chi connectivity index (χ2v) is 3.16. The average molecular weight is 274 g/mol. The van der Waals surface area contributed by atoms with Gasteiger partial charge in [-0.25, -0.2) is 4.79 Å². The number of amides is 1. The summed E-state index contributed by atoms with van der Waals surface area (Å²) in [4.78, 5) is 29.9. The number of aliphatic carboxylic acids is 2. The third-order valence-electron chi connectivity index (χ3n) is 1.39. The number of nitrogens with one attached hydrogen (secondary N) is 1. The molecule has 2 atom stereocenters. The fourth-order valence-corrected chi connectivity index (χ4v) is 0.407. The number of carbonyl (C=O) groups excluding carboxylic acids is 1. The summed E-state index contributed by atoms with van der Waals surface area (Å²) in [5, 5.41) is 17.7. The Labute approximate surface area is 99.8 Å². The van der Waals surface area contributed by atoms with Crippen molar-refractivity contribution in [3.05, 3.63) is 0 Å². The van der Waals surface area contributed by atoms with Gasteiger partial charge < -0.3 is 21.3 Å². The Morgan fingerprint density at radius 2 is 1.50 bits per heavy atom. The number of carboxylic acid groups (broad SMARTS) is 2. The highest BCUT2D eigenvalue weighted by Gasteiger charge is 2.38. The van der Waals surface area contributed by atoms with E-state index in [0.717, 1.165) is 0 Å². The van der Waals surface area contributed by atoms with Gasteiger partial charge in [-0.15, -0.1) is 0 Å². The van der Waals surface area contributed by atoms with E-state index < -0.39 is 36.1 Å². The van der Waals surface area contributed by atoms with E-state index in [1.165, 1.54) is 13.8 Å². The molecule has 10 heteroatoms. The normalized spacial score (nSPS) is 13.7. The number of rotatable bonds is 3. The van der Waals surface area contributed by atoms with E-state index in [1.54, 1.807) is 0 Å². The molecule has 0 unspecified atom stereocenters. The van der Waals surface area contributed by atoms with Crippen LogP contribution in [0.25, 0.3) is 0 Å². The van der Waals surface area contributed by atoms with E-state index in [0.29, 0.717) is 0 Å². The molecule has 0 saturated carbocycles. The molecule has 5 N–H and O–H groups in total. The molecule has 0 aliphatic carbocycles. The van der Waals surface area contributed by atoms with Gasteiger partial charge in [0.15, 0.2) is 0 Å². The Morgan fingerprint density at radius 1 is 1.17 bits per heavy atom. The summed E-state index contributed by atoms with van der Waals surface area (Å²) >= 11 is 0. The molecule has 0 bridgehead atoms. The van der Waals surface area contributed by atoms with Gasteiger partial charge in [-0.05, 0) is 13.8 Å². The summed E-state index contributed by atoms with van der Waals surface area (Å²) in [5.74, 6) is -4.29. The van der Waals surface area contributed by atoms with E-state index in [4.69, 9.17) is 20.7 Å². The first-order valence-corrected chi connectivity index (χ1v) is 4.48. The lowest BCUT2D eigenvalue weighted by molar-refractivity contribution is -0.192. The van der Waals surface area contributed by atoms with Gasteiger partial charge in [-0.3, -0.25) is 9.59 Å². The van der Waals surface area contributed by atoms with Crippen LogP contribution >= 0.6 is 0 Å². The monoisotopic (exact) mass is 274 g/mol. The van der Waals surface area contributed by atoms with Crippen LogP contribution in [-0.4, -0.2) is 46.3 Å². The van der Waals surface area contributed by atoms with E-state index >= 15 is 0 Å². The van der Waals surface area contributed by atoms with Gasteiger partial charge in [0.1, 0.15) is 6.04 Å². The van der Waals surface area contributed by atoms with Crippen molar-refractivity contribution in [3.8, 4) is 0 Å². The summed E-state index contributed by atoms with van der Waals surface area (Å²) < 4.78 is 31.7. The molecule has 0 aromatic rings. The van der Waals surface area contributed by atoms with Gasteiger partial charge in [-0.2, -0.15) is 13.2 Å². The van der Waals surface area contributed by atoms with Crippen LogP contribution in [0.2, 0.25) is 0 Å². The third kappa shape index (κ3) is 9.39. The molecule has 0 spiro atoms. The van der Waals surface area contributed by atoms with E-state index in [1.807, 2.05) is 0 Å².